The van der Waals surface area contributed by atoms with Crippen molar-refractivity contribution in [3.05, 3.63) is 10.1 Å². The van der Waals surface area contributed by atoms with E-state index < -0.39 is 32.4 Å². The van der Waals surface area contributed by atoms with Crippen LogP contribution in [0.5, 0.6) is 0 Å². The van der Waals surface area contributed by atoms with Crippen LogP contribution in [0.2, 0.25) is 0 Å². The Labute approximate surface area is 87.0 Å². The third-order valence-electron chi connectivity index (χ3n) is 2.75. The molecule has 0 radical (unpaired) electrons. The number of nitro groups is 1. The molecule has 0 heterocycles. The number of hydrogen-bond donors (Lipinski definition) is 2. The summed E-state index contributed by atoms with van der Waals surface area (Å²) in [5.74, 6) is -0.601. The van der Waals surface area contributed by atoms with Crippen molar-refractivity contribution in [2.75, 3.05) is 0 Å². The van der Waals surface area contributed by atoms with Crippen LogP contribution in [-0.2, 0) is 10.1 Å². The maximum Gasteiger partial charge on any atom is 0.292 e. The van der Waals surface area contributed by atoms with Crippen molar-refractivity contribution >= 4 is 10.1 Å². The van der Waals surface area contributed by atoms with Crippen LogP contribution in [0.1, 0.15) is 25.7 Å². The van der Waals surface area contributed by atoms with Crippen LogP contribution in [0, 0.1) is 16.0 Å². The molecule has 0 aromatic rings. The van der Waals surface area contributed by atoms with Crippen LogP contribution in [0.4, 0.5) is 0 Å². The summed E-state index contributed by atoms with van der Waals surface area (Å²) in [6.07, 6.45) is 0.966. The molecule has 0 bridgehead atoms. The molecule has 1 aliphatic rings. The fraction of sp³-hybridized carbons (Fsp3) is 1.00. The smallest absolute Gasteiger partial charge is 0.292 e. The topological polar surface area (TPSA) is 118 Å². The van der Waals surface area contributed by atoms with E-state index in [4.69, 9.17) is 4.55 Å². The fourth-order valence-corrected chi connectivity index (χ4v) is 2.60. The number of rotatable bonds is 3. The third kappa shape index (κ3) is 3.11. The quantitative estimate of drug-likeness (QED) is 0.407. The number of hydrogen-bond acceptors (Lipinski definition) is 5. The van der Waals surface area contributed by atoms with E-state index in [1.165, 1.54) is 0 Å². The molecular formula is C7H13NO6S. The summed E-state index contributed by atoms with van der Waals surface area (Å²) >= 11 is 0. The van der Waals surface area contributed by atoms with E-state index in [0.29, 0.717) is 0 Å². The standard InChI is InChI=1S/C7H13NO6S/c9-7(15(12,13)14)5-1-3-6(4-2-5)8(10)11/h5-7,9H,1-4H2,(H,12,13,14). The zero-order valence-electron chi connectivity index (χ0n) is 7.94. The van der Waals surface area contributed by atoms with Gasteiger partial charge in [0, 0.05) is 23.7 Å². The zero-order chi connectivity index (χ0) is 11.6. The van der Waals surface area contributed by atoms with Crippen molar-refractivity contribution in [2.24, 2.45) is 5.92 Å². The Morgan fingerprint density at radius 3 is 2.07 bits per heavy atom. The molecule has 1 saturated carbocycles. The lowest BCUT2D eigenvalue weighted by Gasteiger charge is -2.26. The van der Waals surface area contributed by atoms with E-state index in [2.05, 4.69) is 0 Å². The molecule has 8 heteroatoms. The van der Waals surface area contributed by atoms with Gasteiger partial charge in [-0.3, -0.25) is 14.7 Å². The first kappa shape index (κ1) is 12.3. The van der Waals surface area contributed by atoms with Gasteiger partial charge in [-0.25, -0.2) is 0 Å². The monoisotopic (exact) mass is 239 g/mol. The van der Waals surface area contributed by atoms with Crippen molar-refractivity contribution in [1.29, 1.82) is 0 Å². The van der Waals surface area contributed by atoms with Gasteiger partial charge in [0.05, 0.1) is 0 Å². The molecule has 0 saturated heterocycles. The minimum absolute atomic E-state index is 0.240. The average Bonchev–Trinajstić information content (AvgIpc) is 2.15. The molecule has 1 fully saturated rings. The Morgan fingerprint density at radius 2 is 1.73 bits per heavy atom. The summed E-state index contributed by atoms with van der Waals surface area (Å²) in [5, 5.41) is 19.6. The van der Waals surface area contributed by atoms with Gasteiger partial charge in [0.25, 0.3) is 10.1 Å². The van der Waals surface area contributed by atoms with Crippen LogP contribution in [0.15, 0.2) is 0 Å². The second-order valence-electron chi connectivity index (χ2n) is 3.76. The van der Waals surface area contributed by atoms with Gasteiger partial charge in [0.1, 0.15) is 0 Å². The minimum atomic E-state index is -4.45. The molecule has 0 amide bonds. The van der Waals surface area contributed by atoms with E-state index in [1.54, 1.807) is 0 Å². The van der Waals surface area contributed by atoms with Crippen molar-refractivity contribution in [3.63, 3.8) is 0 Å². The predicted octanol–water partition coefficient (Wildman–Crippen LogP) is 0.0281. The number of aliphatic hydroxyl groups excluding tert-OH is 1. The van der Waals surface area contributed by atoms with Gasteiger partial charge in [0.2, 0.25) is 6.04 Å². The molecule has 0 aliphatic heterocycles. The lowest BCUT2D eigenvalue weighted by atomic mass is 9.87. The Kier molecular flexibility index (Phi) is 3.63. The maximum absolute atomic E-state index is 10.6. The molecule has 1 aliphatic carbocycles. The molecular weight excluding hydrogens is 226 g/mol. The highest BCUT2D eigenvalue weighted by Gasteiger charge is 2.36. The lowest BCUT2D eigenvalue weighted by molar-refractivity contribution is -0.527. The highest BCUT2D eigenvalue weighted by Crippen LogP contribution is 2.29. The molecule has 2 N–H and O–H groups in total. The van der Waals surface area contributed by atoms with E-state index in [0.717, 1.165) is 0 Å². The van der Waals surface area contributed by atoms with Crippen LogP contribution in [-0.4, -0.2) is 34.5 Å². The average molecular weight is 239 g/mol. The van der Waals surface area contributed by atoms with Crippen LogP contribution in [0.3, 0.4) is 0 Å². The second kappa shape index (κ2) is 4.42. The predicted molar refractivity (Wildman–Crippen MR) is 50.3 cm³/mol. The Morgan fingerprint density at radius 1 is 1.27 bits per heavy atom. The zero-order valence-corrected chi connectivity index (χ0v) is 8.76. The van der Waals surface area contributed by atoms with Gasteiger partial charge in [-0.05, 0) is 12.8 Å². The number of aliphatic hydroxyl groups is 1. The first-order valence-electron chi connectivity index (χ1n) is 4.60. The molecule has 1 unspecified atom stereocenters. The largest absolute Gasteiger partial charge is 0.375 e. The van der Waals surface area contributed by atoms with Crippen molar-refractivity contribution in [2.45, 2.75) is 37.2 Å². The summed E-state index contributed by atoms with van der Waals surface area (Å²) in [7, 11) is -4.45. The Hall–Kier alpha value is -0.730. The molecule has 15 heavy (non-hydrogen) atoms. The first-order chi connectivity index (χ1) is 6.82. The van der Waals surface area contributed by atoms with Crippen LogP contribution >= 0.6 is 0 Å². The molecule has 0 aromatic heterocycles. The fourth-order valence-electron chi connectivity index (χ4n) is 1.84. The van der Waals surface area contributed by atoms with Gasteiger partial charge < -0.3 is 5.11 Å². The van der Waals surface area contributed by atoms with Gasteiger partial charge in [-0.2, -0.15) is 8.42 Å². The van der Waals surface area contributed by atoms with Gasteiger partial charge >= 0.3 is 0 Å². The molecule has 0 spiro atoms. The summed E-state index contributed by atoms with van der Waals surface area (Å²) in [6.45, 7) is 0. The summed E-state index contributed by atoms with van der Waals surface area (Å²) in [6, 6.07) is -0.658. The van der Waals surface area contributed by atoms with Crippen molar-refractivity contribution < 1.29 is 23.0 Å². The van der Waals surface area contributed by atoms with E-state index in [1.807, 2.05) is 0 Å². The van der Waals surface area contributed by atoms with E-state index >= 15 is 0 Å². The minimum Gasteiger partial charge on any atom is -0.375 e. The molecule has 1 rings (SSSR count). The van der Waals surface area contributed by atoms with Crippen molar-refractivity contribution in [1.82, 2.24) is 0 Å². The molecule has 7 nitrogen and oxygen atoms in total. The Bertz CT molecular complexity index is 331. The molecule has 88 valence electrons. The number of nitrogens with zero attached hydrogens (tertiary/aromatic N) is 1. The Balaban J connectivity index is 2.55. The second-order valence-corrected chi connectivity index (χ2v) is 5.27. The van der Waals surface area contributed by atoms with Gasteiger partial charge in [0.15, 0.2) is 5.44 Å². The summed E-state index contributed by atoms with van der Waals surface area (Å²) < 4.78 is 29.8. The third-order valence-corrected chi connectivity index (χ3v) is 3.74. The first-order valence-corrected chi connectivity index (χ1v) is 6.10. The van der Waals surface area contributed by atoms with E-state index in [-0.39, 0.29) is 25.7 Å². The van der Waals surface area contributed by atoms with Gasteiger partial charge in [-0.1, -0.05) is 0 Å². The van der Waals surface area contributed by atoms with Gasteiger partial charge in [-0.15, -0.1) is 0 Å². The van der Waals surface area contributed by atoms with Crippen LogP contribution < -0.4 is 0 Å². The maximum atomic E-state index is 10.6. The summed E-state index contributed by atoms with van der Waals surface area (Å²) in [4.78, 5) is 10.0. The lowest BCUT2D eigenvalue weighted by Crippen LogP contribution is -2.35. The van der Waals surface area contributed by atoms with Crippen molar-refractivity contribution in [3.8, 4) is 0 Å². The molecule has 0 aromatic carbocycles. The summed E-state index contributed by atoms with van der Waals surface area (Å²) in [5.41, 5.74) is -1.81. The normalized spacial score (nSPS) is 29.7. The van der Waals surface area contributed by atoms with E-state index in [9.17, 15) is 23.6 Å². The molecule has 1 atom stereocenters. The SMILES string of the molecule is O=[N+]([O-])C1CCC(C(O)S(=O)(=O)O)CC1. The highest BCUT2D eigenvalue weighted by molar-refractivity contribution is 7.86. The van der Waals surface area contributed by atoms with Crippen LogP contribution in [0.25, 0.3) is 0 Å². The highest BCUT2D eigenvalue weighted by atomic mass is 32.2.